The number of hydrogen-bond donors (Lipinski definition) is 3. The van der Waals surface area contributed by atoms with Gasteiger partial charge in [-0.1, -0.05) is 26.2 Å². The highest BCUT2D eigenvalue weighted by Gasteiger charge is 2.38. The Morgan fingerprint density at radius 1 is 1.15 bits per heavy atom. The number of nitrogens with one attached hydrogen (secondary N) is 2. The number of nitrogens with zero attached hydrogens (tertiary/aromatic N) is 4. The summed E-state index contributed by atoms with van der Waals surface area (Å²) in [6.07, 6.45) is 3.08. The van der Waals surface area contributed by atoms with Crippen molar-refractivity contribution < 1.29 is 23.1 Å². The number of hydrogen-bond acceptors (Lipinski definition) is 7. The van der Waals surface area contributed by atoms with Gasteiger partial charge in [0.1, 0.15) is 5.65 Å². The Bertz CT molecular complexity index is 1330. The van der Waals surface area contributed by atoms with Crippen LogP contribution in [0.5, 0.6) is 0 Å². The summed E-state index contributed by atoms with van der Waals surface area (Å²) in [4.78, 5) is 33.8. The predicted octanol–water partition coefficient (Wildman–Crippen LogP) is 4.65. The van der Waals surface area contributed by atoms with Crippen LogP contribution in [0.2, 0.25) is 0 Å². The molecule has 0 spiro atoms. The minimum Gasteiger partial charge on any atom is -0.475 e. The molecule has 210 valence electrons. The second kappa shape index (κ2) is 12.5. The Balaban J connectivity index is 0.000000448. The number of aliphatic carboxylic acids is 1. The van der Waals surface area contributed by atoms with Gasteiger partial charge in [0.15, 0.2) is 0 Å². The van der Waals surface area contributed by atoms with E-state index in [1.807, 2.05) is 10.8 Å². The van der Waals surface area contributed by atoms with Gasteiger partial charge in [0.05, 0.1) is 0 Å². The van der Waals surface area contributed by atoms with Crippen LogP contribution in [0, 0.1) is 0 Å². The van der Waals surface area contributed by atoms with Crippen LogP contribution in [-0.2, 0) is 11.2 Å². The highest BCUT2D eigenvalue weighted by atomic mass is 19.4. The van der Waals surface area contributed by atoms with Crippen LogP contribution in [0.25, 0.3) is 11.0 Å². The normalized spacial score (nSPS) is 16.2. The largest absolute Gasteiger partial charge is 0.490 e. The second-order valence-electron chi connectivity index (χ2n) is 9.71. The fourth-order valence-corrected chi connectivity index (χ4v) is 5.04. The molecule has 0 atom stereocenters. The van der Waals surface area contributed by atoms with Gasteiger partial charge in [-0.05, 0) is 49.1 Å². The quantitative estimate of drug-likeness (QED) is 0.410. The molecule has 5 rings (SSSR count). The minimum atomic E-state index is -5.08. The highest BCUT2D eigenvalue weighted by Crippen LogP contribution is 2.31. The molecule has 12 heteroatoms. The van der Waals surface area contributed by atoms with E-state index < -0.39 is 12.1 Å². The van der Waals surface area contributed by atoms with Crippen LogP contribution < -0.4 is 21.1 Å². The van der Waals surface area contributed by atoms with Crippen molar-refractivity contribution in [1.29, 1.82) is 0 Å². The van der Waals surface area contributed by atoms with Gasteiger partial charge < -0.3 is 20.6 Å². The lowest BCUT2D eigenvalue weighted by molar-refractivity contribution is -0.192. The van der Waals surface area contributed by atoms with Gasteiger partial charge in [-0.3, -0.25) is 9.36 Å². The van der Waals surface area contributed by atoms with Crippen LogP contribution in [0.15, 0.2) is 41.3 Å². The zero-order valence-corrected chi connectivity index (χ0v) is 21.8. The van der Waals surface area contributed by atoms with Crippen LogP contribution in [-0.4, -0.2) is 58.0 Å². The number of fused-ring (bicyclic) bond motifs is 1. The number of carbonyl (C=O) groups is 1. The van der Waals surface area contributed by atoms with E-state index >= 15 is 0 Å². The molecule has 3 aromatic rings. The molecular weight excluding hydrogens is 513 g/mol. The van der Waals surface area contributed by atoms with Gasteiger partial charge in [-0.2, -0.15) is 18.2 Å². The monoisotopic (exact) mass is 546 g/mol. The molecule has 0 amide bonds. The molecule has 1 aromatic carbocycles. The van der Waals surface area contributed by atoms with E-state index in [2.05, 4.69) is 51.7 Å². The molecule has 2 aromatic heterocycles. The van der Waals surface area contributed by atoms with Crippen LogP contribution in [0.4, 0.5) is 30.5 Å². The molecular formula is C27H33F3N6O3. The summed E-state index contributed by atoms with van der Waals surface area (Å²) in [6.45, 7) is 6.23. The third kappa shape index (κ3) is 7.05. The summed E-state index contributed by atoms with van der Waals surface area (Å²) < 4.78 is 33.7. The van der Waals surface area contributed by atoms with Crippen molar-refractivity contribution >= 4 is 34.3 Å². The summed E-state index contributed by atoms with van der Waals surface area (Å²) in [5, 5.41) is 14.9. The molecule has 2 aliphatic rings. The molecule has 9 nitrogen and oxygen atoms in total. The van der Waals surface area contributed by atoms with E-state index in [1.54, 1.807) is 6.07 Å². The zero-order valence-electron chi connectivity index (χ0n) is 21.8. The third-order valence-corrected chi connectivity index (χ3v) is 6.94. The number of carboxylic acids is 1. The maximum Gasteiger partial charge on any atom is 0.490 e. The first-order valence-electron chi connectivity index (χ1n) is 13.2. The molecule has 1 saturated carbocycles. The van der Waals surface area contributed by atoms with E-state index in [0.717, 1.165) is 74.1 Å². The average Bonchev–Trinajstić information content (AvgIpc) is 3.44. The molecule has 1 saturated heterocycles. The minimum absolute atomic E-state index is 0.0675. The number of rotatable bonds is 6. The fourth-order valence-electron chi connectivity index (χ4n) is 5.04. The molecule has 3 N–H and O–H groups in total. The molecule has 0 bridgehead atoms. The van der Waals surface area contributed by atoms with Crippen molar-refractivity contribution in [1.82, 2.24) is 19.9 Å². The number of alkyl halides is 3. The molecule has 1 aliphatic carbocycles. The topological polar surface area (TPSA) is 112 Å². The Kier molecular flexibility index (Phi) is 9.05. The maximum absolute atomic E-state index is 13.0. The third-order valence-electron chi connectivity index (χ3n) is 6.94. The predicted molar refractivity (Wildman–Crippen MR) is 144 cm³/mol. The van der Waals surface area contributed by atoms with Gasteiger partial charge in [-0.25, -0.2) is 9.78 Å². The molecule has 2 fully saturated rings. The lowest BCUT2D eigenvalue weighted by atomic mass is 10.1. The van der Waals surface area contributed by atoms with Gasteiger partial charge in [0.2, 0.25) is 5.95 Å². The first-order chi connectivity index (χ1) is 18.7. The van der Waals surface area contributed by atoms with Crippen LogP contribution >= 0.6 is 0 Å². The Hall–Kier alpha value is -3.67. The number of piperazine rings is 1. The number of anilines is 3. The smallest absolute Gasteiger partial charge is 0.475 e. The van der Waals surface area contributed by atoms with E-state index in [4.69, 9.17) is 14.9 Å². The average molecular weight is 547 g/mol. The van der Waals surface area contributed by atoms with Crippen molar-refractivity contribution in [3.8, 4) is 0 Å². The fraction of sp³-hybridized carbons (Fsp3) is 0.481. The SMILES string of the molecule is CCCc1cc(=O)n(C2CCCC2)c2nc(Nc3ccc(N4CCNCC4)cc3)ncc12.O=C(O)C(F)(F)F. The lowest BCUT2D eigenvalue weighted by Gasteiger charge is -2.29. The first kappa shape index (κ1) is 28.3. The standard InChI is InChI=1S/C25H32N6O.C2HF3O2/c1-2-5-18-16-23(32)31(21-6-3-4-7-21)24-22(18)17-27-25(29-24)28-19-8-10-20(11-9-19)30-14-12-26-13-15-30;3-2(4,5)1(6)7/h8-11,16-17,21,26H,2-7,12-15H2,1H3,(H,27,28,29);(H,6,7). The van der Waals surface area contributed by atoms with E-state index in [1.165, 1.54) is 18.5 Å². The second-order valence-corrected chi connectivity index (χ2v) is 9.71. The number of benzene rings is 1. The molecule has 0 radical (unpaired) electrons. The summed E-state index contributed by atoms with van der Waals surface area (Å²) in [5.74, 6) is -2.22. The Labute approximate surface area is 224 Å². The number of aromatic nitrogens is 3. The summed E-state index contributed by atoms with van der Waals surface area (Å²) in [7, 11) is 0. The van der Waals surface area contributed by atoms with Gasteiger partial charge >= 0.3 is 12.1 Å². The number of pyridine rings is 1. The summed E-state index contributed by atoms with van der Waals surface area (Å²) in [5.41, 5.74) is 4.06. The van der Waals surface area contributed by atoms with E-state index in [-0.39, 0.29) is 11.6 Å². The molecule has 39 heavy (non-hydrogen) atoms. The van der Waals surface area contributed by atoms with Crippen molar-refractivity contribution in [3.63, 3.8) is 0 Å². The maximum atomic E-state index is 13.0. The zero-order chi connectivity index (χ0) is 28.0. The van der Waals surface area contributed by atoms with E-state index in [0.29, 0.717) is 5.95 Å². The summed E-state index contributed by atoms with van der Waals surface area (Å²) in [6, 6.07) is 10.5. The van der Waals surface area contributed by atoms with Gasteiger partial charge in [0.25, 0.3) is 5.56 Å². The molecule has 3 heterocycles. The van der Waals surface area contributed by atoms with Crippen molar-refractivity contribution in [3.05, 3.63) is 52.4 Å². The summed E-state index contributed by atoms with van der Waals surface area (Å²) >= 11 is 0. The lowest BCUT2D eigenvalue weighted by Crippen LogP contribution is -2.43. The van der Waals surface area contributed by atoms with Crippen molar-refractivity contribution in [2.24, 2.45) is 0 Å². The molecule has 1 aliphatic heterocycles. The first-order valence-corrected chi connectivity index (χ1v) is 13.2. The van der Waals surface area contributed by atoms with Crippen LogP contribution in [0.3, 0.4) is 0 Å². The van der Waals surface area contributed by atoms with Crippen molar-refractivity contribution in [2.75, 3.05) is 36.4 Å². The Morgan fingerprint density at radius 3 is 2.38 bits per heavy atom. The number of carboxylic acid groups (broad SMARTS) is 1. The van der Waals surface area contributed by atoms with Gasteiger partial charge in [0, 0.05) is 61.2 Å². The van der Waals surface area contributed by atoms with Crippen LogP contribution in [0.1, 0.15) is 50.6 Å². The van der Waals surface area contributed by atoms with Gasteiger partial charge in [-0.15, -0.1) is 0 Å². The Morgan fingerprint density at radius 2 is 1.79 bits per heavy atom. The number of aryl methyl sites for hydroxylation is 1. The highest BCUT2D eigenvalue weighted by molar-refractivity contribution is 5.80. The number of halogens is 3. The van der Waals surface area contributed by atoms with Crippen molar-refractivity contribution in [2.45, 2.75) is 57.7 Å². The molecule has 0 unspecified atom stereocenters. The van der Waals surface area contributed by atoms with E-state index in [9.17, 15) is 18.0 Å².